The molecule has 0 unspecified atom stereocenters. The number of piperazine rings is 1. The molecule has 2 aliphatic rings. The molecule has 0 saturated carbocycles. The SMILES string of the molecule is COc1ccc(C)cc1S(=O)(=O)N1CCC[C@H](C(=O)N2CCN(C)CC2)C1. The number of carbonyl (C=O) groups excluding carboxylic acids is 1. The van der Waals surface area contributed by atoms with Crippen molar-refractivity contribution in [3.63, 3.8) is 0 Å². The summed E-state index contributed by atoms with van der Waals surface area (Å²) in [6, 6.07) is 5.15. The average molecular weight is 396 g/mol. The highest BCUT2D eigenvalue weighted by molar-refractivity contribution is 7.89. The van der Waals surface area contributed by atoms with Crippen molar-refractivity contribution in [2.45, 2.75) is 24.7 Å². The maximum Gasteiger partial charge on any atom is 0.246 e. The van der Waals surface area contributed by atoms with E-state index in [4.69, 9.17) is 4.74 Å². The monoisotopic (exact) mass is 395 g/mol. The lowest BCUT2D eigenvalue weighted by atomic mass is 9.98. The van der Waals surface area contributed by atoms with Crippen molar-refractivity contribution in [3.05, 3.63) is 23.8 Å². The lowest BCUT2D eigenvalue weighted by molar-refractivity contribution is -0.138. The molecule has 3 rings (SSSR count). The highest BCUT2D eigenvalue weighted by atomic mass is 32.2. The third-order valence-electron chi connectivity index (χ3n) is 5.49. The van der Waals surface area contributed by atoms with Gasteiger partial charge in [-0.2, -0.15) is 4.31 Å². The summed E-state index contributed by atoms with van der Waals surface area (Å²) in [6.07, 6.45) is 1.43. The molecule has 0 radical (unpaired) electrons. The van der Waals surface area contributed by atoms with Gasteiger partial charge in [0.2, 0.25) is 15.9 Å². The number of hydrogen-bond acceptors (Lipinski definition) is 5. The molecule has 0 aromatic heterocycles. The smallest absolute Gasteiger partial charge is 0.246 e. The van der Waals surface area contributed by atoms with Gasteiger partial charge in [-0.15, -0.1) is 0 Å². The van der Waals surface area contributed by atoms with Gasteiger partial charge >= 0.3 is 0 Å². The highest BCUT2D eigenvalue weighted by Crippen LogP contribution is 2.31. The molecule has 0 bridgehead atoms. The number of carbonyl (C=O) groups is 1. The molecule has 1 amide bonds. The number of likely N-dealkylation sites (N-methyl/N-ethyl adjacent to an activating group) is 1. The van der Waals surface area contributed by atoms with Crippen LogP contribution in [0.1, 0.15) is 18.4 Å². The molecule has 0 N–H and O–H groups in total. The predicted molar refractivity (Wildman–Crippen MR) is 103 cm³/mol. The fraction of sp³-hybridized carbons (Fsp3) is 0.632. The van der Waals surface area contributed by atoms with Gasteiger partial charge in [-0.1, -0.05) is 6.07 Å². The van der Waals surface area contributed by atoms with Crippen LogP contribution in [0.2, 0.25) is 0 Å². The Bertz CT molecular complexity index is 788. The van der Waals surface area contributed by atoms with Crippen LogP contribution in [0.4, 0.5) is 0 Å². The third kappa shape index (κ3) is 4.28. The van der Waals surface area contributed by atoms with E-state index in [0.29, 0.717) is 31.8 Å². The molecule has 2 fully saturated rings. The predicted octanol–water partition coefficient (Wildman–Crippen LogP) is 1.18. The number of aryl methyl sites for hydroxylation is 1. The summed E-state index contributed by atoms with van der Waals surface area (Å²) in [5.74, 6) is 0.153. The highest BCUT2D eigenvalue weighted by Gasteiger charge is 2.36. The van der Waals surface area contributed by atoms with E-state index >= 15 is 0 Å². The minimum atomic E-state index is -3.70. The largest absolute Gasteiger partial charge is 0.495 e. The molecular weight excluding hydrogens is 366 g/mol. The second-order valence-corrected chi connectivity index (χ2v) is 9.39. The minimum absolute atomic E-state index is 0.0826. The second-order valence-electron chi connectivity index (χ2n) is 7.49. The van der Waals surface area contributed by atoms with E-state index in [1.54, 1.807) is 12.1 Å². The molecule has 2 aliphatic heterocycles. The zero-order valence-corrected chi connectivity index (χ0v) is 17.2. The minimum Gasteiger partial charge on any atom is -0.495 e. The van der Waals surface area contributed by atoms with Crippen LogP contribution in [0.25, 0.3) is 0 Å². The Balaban J connectivity index is 1.77. The van der Waals surface area contributed by atoms with Crippen LogP contribution >= 0.6 is 0 Å². The third-order valence-corrected chi connectivity index (χ3v) is 7.37. The maximum atomic E-state index is 13.2. The number of nitrogens with zero attached hydrogens (tertiary/aromatic N) is 3. The van der Waals surface area contributed by atoms with E-state index < -0.39 is 10.0 Å². The van der Waals surface area contributed by atoms with Crippen LogP contribution in [0.5, 0.6) is 5.75 Å². The van der Waals surface area contributed by atoms with E-state index in [1.807, 2.05) is 24.9 Å². The van der Waals surface area contributed by atoms with Crippen LogP contribution in [0, 0.1) is 12.8 Å². The Kier molecular flexibility index (Phi) is 6.08. The van der Waals surface area contributed by atoms with Crippen LogP contribution in [0.3, 0.4) is 0 Å². The van der Waals surface area contributed by atoms with E-state index in [0.717, 1.165) is 25.1 Å². The van der Waals surface area contributed by atoms with Gasteiger partial charge in [-0.3, -0.25) is 4.79 Å². The summed E-state index contributed by atoms with van der Waals surface area (Å²) in [5.41, 5.74) is 0.858. The first-order valence-electron chi connectivity index (χ1n) is 9.45. The van der Waals surface area contributed by atoms with Crippen molar-refractivity contribution < 1.29 is 17.9 Å². The number of ether oxygens (including phenoxy) is 1. The van der Waals surface area contributed by atoms with Gasteiger partial charge in [0, 0.05) is 39.3 Å². The van der Waals surface area contributed by atoms with E-state index in [2.05, 4.69) is 4.90 Å². The maximum absolute atomic E-state index is 13.2. The number of benzene rings is 1. The summed E-state index contributed by atoms with van der Waals surface area (Å²) in [4.78, 5) is 17.2. The first-order valence-corrected chi connectivity index (χ1v) is 10.9. The summed E-state index contributed by atoms with van der Waals surface area (Å²) in [5, 5.41) is 0. The number of methoxy groups -OCH3 is 1. The number of sulfonamides is 1. The van der Waals surface area contributed by atoms with Gasteiger partial charge in [0.15, 0.2) is 0 Å². The molecule has 27 heavy (non-hydrogen) atoms. The molecule has 1 aromatic rings. The van der Waals surface area contributed by atoms with E-state index in [1.165, 1.54) is 11.4 Å². The first kappa shape index (κ1) is 20.1. The summed E-state index contributed by atoms with van der Waals surface area (Å²) < 4.78 is 33.2. The van der Waals surface area contributed by atoms with Crippen molar-refractivity contribution in [2.24, 2.45) is 5.92 Å². The van der Waals surface area contributed by atoms with Gasteiger partial charge in [0.1, 0.15) is 10.6 Å². The van der Waals surface area contributed by atoms with E-state index in [9.17, 15) is 13.2 Å². The number of amides is 1. The van der Waals surface area contributed by atoms with Gasteiger partial charge in [-0.25, -0.2) is 8.42 Å². The average Bonchev–Trinajstić information content (AvgIpc) is 2.68. The second kappa shape index (κ2) is 8.16. The molecule has 1 atom stereocenters. The topological polar surface area (TPSA) is 70.2 Å². The molecule has 2 heterocycles. The van der Waals surface area contributed by atoms with Crippen molar-refractivity contribution in [1.29, 1.82) is 0 Å². The Morgan fingerprint density at radius 1 is 1.15 bits per heavy atom. The van der Waals surface area contributed by atoms with Gasteiger partial charge in [-0.05, 0) is 44.5 Å². The Hall–Kier alpha value is -1.64. The normalized spacial score (nSPS) is 22.6. The summed E-state index contributed by atoms with van der Waals surface area (Å²) >= 11 is 0. The molecule has 7 nitrogen and oxygen atoms in total. The van der Waals surface area contributed by atoms with Gasteiger partial charge < -0.3 is 14.5 Å². The lowest BCUT2D eigenvalue weighted by Crippen LogP contribution is -2.52. The zero-order chi connectivity index (χ0) is 19.6. The Labute approximate surface area is 161 Å². The van der Waals surface area contributed by atoms with Crippen molar-refractivity contribution >= 4 is 15.9 Å². The van der Waals surface area contributed by atoms with Crippen LogP contribution < -0.4 is 4.74 Å². The Morgan fingerprint density at radius 3 is 2.52 bits per heavy atom. The quantitative estimate of drug-likeness (QED) is 0.766. The number of hydrogen-bond donors (Lipinski definition) is 0. The summed E-state index contributed by atoms with van der Waals surface area (Å²) in [6.45, 7) is 5.68. The van der Waals surface area contributed by atoms with Gasteiger partial charge in [0.25, 0.3) is 0 Å². The molecule has 1 aromatic carbocycles. The summed E-state index contributed by atoms with van der Waals surface area (Å²) in [7, 11) is -0.184. The van der Waals surface area contributed by atoms with E-state index in [-0.39, 0.29) is 23.3 Å². The van der Waals surface area contributed by atoms with Gasteiger partial charge in [0.05, 0.1) is 13.0 Å². The molecule has 8 heteroatoms. The van der Waals surface area contributed by atoms with Crippen molar-refractivity contribution in [1.82, 2.24) is 14.1 Å². The lowest BCUT2D eigenvalue weighted by Gasteiger charge is -2.37. The van der Waals surface area contributed by atoms with Crippen molar-refractivity contribution in [2.75, 3.05) is 53.4 Å². The molecule has 2 saturated heterocycles. The molecule has 0 spiro atoms. The van der Waals surface area contributed by atoms with Crippen LogP contribution in [-0.4, -0.2) is 81.9 Å². The molecule has 150 valence electrons. The van der Waals surface area contributed by atoms with Crippen LogP contribution in [-0.2, 0) is 14.8 Å². The standard InChI is InChI=1S/C19H29N3O4S/c1-15-6-7-17(26-3)18(13-15)27(24,25)22-8-4-5-16(14-22)19(23)21-11-9-20(2)10-12-21/h6-7,13,16H,4-5,8-12,14H2,1-3H3/t16-/m0/s1. The fourth-order valence-corrected chi connectivity index (χ4v) is 5.54. The molecule has 0 aliphatic carbocycles. The zero-order valence-electron chi connectivity index (χ0n) is 16.3. The Morgan fingerprint density at radius 2 is 1.85 bits per heavy atom. The first-order chi connectivity index (χ1) is 12.8. The van der Waals surface area contributed by atoms with Crippen molar-refractivity contribution in [3.8, 4) is 5.75 Å². The molecular formula is C19H29N3O4S. The number of piperidine rings is 1. The fourth-order valence-electron chi connectivity index (χ4n) is 3.77. The number of rotatable bonds is 4. The van der Waals surface area contributed by atoms with Crippen LogP contribution in [0.15, 0.2) is 23.1 Å².